The van der Waals surface area contributed by atoms with Crippen LogP contribution in [0.2, 0.25) is 5.15 Å². The maximum atomic E-state index is 14.0. The van der Waals surface area contributed by atoms with Gasteiger partial charge in [-0.3, -0.25) is 15.0 Å². The Morgan fingerprint density at radius 2 is 2.03 bits per heavy atom. The van der Waals surface area contributed by atoms with Crippen LogP contribution >= 0.6 is 11.6 Å². The van der Waals surface area contributed by atoms with Crippen molar-refractivity contribution in [1.82, 2.24) is 25.0 Å². The largest absolute Gasteiger partial charge is 0.441 e. The molecule has 0 aliphatic rings. The van der Waals surface area contributed by atoms with Gasteiger partial charge in [0, 0.05) is 13.2 Å². The number of carbonyl (C=O) groups is 1. The first kappa shape index (κ1) is 22.4. The zero-order valence-corrected chi connectivity index (χ0v) is 18.1. The van der Waals surface area contributed by atoms with Crippen molar-refractivity contribution in [3.05, 3.63) is 47.1 Å². The van der Waals surface area contributed by atoms with E-state index in [0.29, 0.717) is 5.69 Å². The number of halogens is 2. The highest BCUT2D eigenvalue weighted by atomic mass is 35.5. The van der Waals surface area contributed by atoms with Crippen LogP contribution in [0, 0.1) is 5.82 Å². The van der Waals surface area contributed by atoms with Crippen LogP contribution in [0.3, 0.4) is 0 Å². The molecule has 3 heterocycles. The molecule has 0 aliphatic carbocycles. The molecule has 2 N–H and O–H groups in total. The Morgan fingerprint density at radius 1 is 1.29 bits per heavy atom. The van der Waals surface area contributed by atoms with E-state index in [9.17, 15) is 17.6 Å². The zero-order chi connectivity index (χ0) is 22.8. The van der Waals surface area contributed by atoms with E-state index < -0.39 is 28.0 Å². The van der Waals surface area contributed by atoms with Gasteiger partial charge in [0.05, 0.1) is 29.4 Å². The summed E-state index contributed by atoms with van der Waals surface area (Å²) in [6, 6.07) is 4.09. The van der Waals surface area contributed by atoms with Crippen LogP contribution in [-0.4, -0.2) is 45.7 Å². The van der Waals surface area contributed by atoms with Crippen LogP contribution in [0.25, 0.3) is 11.4 Å². The van der Waals surface area contributed by atoms with Gasteiger partial charge in [0.25, 0.3) is 0 Å². The van der Waals surface area contributed by atoms with Gasteiger partial charge in [-0.1, -0.05) is 16.8 Å². The third-order valence-corrected chi connectivity index (χ3v) is 4.84. The third kappa shape index (κ3) is 5.44. The maximum absolute atomic E-state index is 14.0. The van der Waals surface area contributed by atoms with Crippen molar-refractivity contribution in [1.29, 1.82) is 0 Å². The molecule has 14 heteroatoms. The number of sulfonamides is 1. The minimum Gasteiger partial charge on any atom is -0.441 e. The molecule has 31 heavy (non-hydrogen) atoms. The zero-order valence-electron chi connectivity index (χ0n) is 16.5. The molecule has 3 aromatic heterocycles. The number of anilines is 2. The summed E-state index contributed by atoms with van der Waals surface area (Å²) in [6.07, 6.45) is 1.58. The number of aromatic nitrogens is 5. The first-order chi connectivity index (χ1) is 14.5. The number of aryl methyl sites for hydroxylation is 1. The van der Waals surface area contributed by atoms with Crippen LogP contribution in [-0.2, 0) is 21.8 Å². The van der Waals surface area contributed by atoms with E-state index in [4.69, 9.17) is 16.3 Å². The molecule has 0 aromatic carbocycles. The molecule has 0 saturated heterocycles. The summed E-state index contributed by atoms with van der Waals surface area (Å²) in [4.78, 5) is 20.3. The van der Waals surface area contributed by atoms with Gasteiger partial charge in [-0.15, -0.1) is 5.10 Å². The average molecular weight is 470 g/mol. The van der Waals surface area contributed by atoms with Crippen molar-refractivity contribution < 1.29 is 22.3 Å². The van der Waals surface area contributed by atoms with E-state index in [-0.39, 0.29) is 27.9 Å². The molecule has 11 nitrogen and oxygen atoms in total. The van der Waals surface area contributed by atoms with Crippen LogP contribution in [0.4, 0.5) is 20.7 Å². The smallest absolute Gasteiger partial charge is 0.413 e. The number of rotatable bonds is 6. The standard InChI is InChI=1S/C17H17ClFN7O4S/c1-9(13-11(19)6-7-20-15(13)18)30-17(27)22-16-14(23-25-26(16)2)12-5-4-10(8-21-12)24-31(3,28)29/h4-9,24H,1-3H3,(H,22,27). The fourth-order valence-corrected chi connectivity index (χ4v) is 3.46. The number of hydrogen-bond acceptors (Lipinski definition) is 8. The van der Waals surface area contributed by atoms with E-state index in [2.05, 4.69) is 30.3 Å². The maximum Gasteiger partial charge on any atom is 0.413 e. The Hall–Kier alpha value is -3.32. The Balaban J connectivity index is 1.77. The van der Waals surface area contributed by atoms with Crippen LogP contribution in [0.1, 0.15) is 18.6 Å². The van der Waals surface area contributed by atoms with Crippen molar-refractivity contribution in [3.63, 3.8) is 0 Å². The van der Waals surface area contributed by atoms with Gasteiger partial charge < -0.3 is 4.74 Å². The normalized spacial score (nSPS) is 12.3. The molecule has 0 bridgehead atoms. The number of nitrogens with one attached hydrogen (secondary N) is 2. The Kier molecular flexibility index (Phi) is 6.36. The number of ether oxygens (including phenoxy) is 1. The summed E-state index contributed by atoms with van der Waals surface area (Å²) in [6.45, 7) is 1.45. The van der Waals surface area contributed by atoms with Crippen molar-refractivity contribution in [3.8, 4) is 11.4 Å². The summed E-state index contributed by atoms with van der Waals surface area (Å²) in [5, 5.41) is 10.2. The van der Waals surface area contributed by atoms with Crippen LogP contribution in [0.5, 0.6) is 0 Å². The number of amides is 1. The quantitative estimate of drug-likeness (QED) is 0.525. The highest BCUT2D eigenvalue weighted by molar-refractivity contribution is 7.92. The molecule has 1 atom stereocenters. The van der Waals surface area contributed by atoms with Crippen molar-refractivity contribution in [2.75, 3.05) is 16.3 Å². The van der Waals surface area contributed by atoms with Gasteiger partial charge in [0.15, 0.2) is 11.5 Å². The predicted molar refractivity (Wildman–Crippen MR) is 110 cm³/mol. The number of hydrogen-bond donors (Lipinski definition) is 2. The second-order valence-corrected chi connectivity index (χ2v) is 8.49. The summed E-state index contributed by atoms with van der Waals surface area (Å²) in [5.41, 5.74) is 0.729. The lowest BCUT2D eigenvalue weighted by Crippen LogP contribution is -2.19. The lowest BCUT2D eigenvalue weighted by atomic mass is 10.2. The number of carbonyl (C=O) groups excluding carboxylic acids is 1. The molecule has 164 valence electrons. The first-order valence-electron chi connectivity index (χ1n) is 8.66. The fraction of sp³-hybridized carbons (Fsp3) is 0.235. The van der Waals surface area contributed by atoms with Gasteiger partial charge in [-0.05, 0) is 25.1 Å². The Labute approximate surface area is 181 Å². The van der Waals surface area contributed by atoms with Crippen LogP contribution < -0.4 is 10.0 Å². The number of pyridine rings is 2. The first-order valence-corrected chi connectivity index (χ1v) is 10.9. The van der Waals surface area contributed by atoms with Gasteiger partial charge >= 0.3 is 6.09 Å². The average Bonchev–Trinajstić information content (AvgIpc) is 3.01. The molecule has 0 fully saturated rings. The molecule has 3 aromatic rings. The molecule has 1 amide bonds. The van der Waals surface area contributed by atoms with Gasteiger partial charge in [-0.25, -0.2) is 27.3 Å². The SMILES string of the molecule is CC(OC(=O)Nc1c(-c2ccc(NS(C)(=O)=O)cn2)nnn1C)c1c(F)ccnc1Cl. The predicted octanol–water partition coefficient (Wildman–Crippen LogP) is 2.75. The number of nitrogens with zero attached hydrogens (tertiary/aromatic N) is 5. The van der Waals surface area contributed by atoms with Gasteiger partial charge in [0.2, 0.25) is 10.0 Å². The summed E-state index contributed by atoms with van der Waals surface area (Å²) in [5.74, 6) is -0.499. The third-order valence-electron chi connectivity index (χ3n) is 3.94. The van der Waals surface area contributed by atoms with Crippen molar-refractivity contribution in [2.24, 2.45) is 7.05 Å². The molecule has 0 radical (unpaired) electrons. The van der Waals surface area contributed by atoms with Gasteiger partial charge in [-0.2, -0.15) is 0 Å². The van der Waals surface area contributed by atoms with Crippen molar-refractivity contribution in [2.45, 2.75) is 13.0 Å². The second-order valence-electron chi connectivity index (χ2n) is 6.39. The summed E-state index contributed by atoms with van der Waals surface area (Å²) in [7, 11) is -1.92. The molecular weight excluding hydrogens is 453 g/mol. The van der Waals surface area contributed by atoms with E-state index in [1.165, 1.54) is 43.2 Å². The van der Waals surface area contributed by atoms with E-state index in [0.717, 1.165) is 12.3 Å². The molecule has 0 spiro atoms. The minimum absolute atomic E-state index is 0.0571. The molecule has 0 aliphatic heterocycles. The van der Waals surface area contributed by atoms with Gasteiger partial charge in [0.1, 0.15) is 17.1 Å². The molecule has 1 unspecified atom stereocenters. The summed E-state index contributed by atoms with van der Waals surface area (Å²) < 4.78 is 45.4. The highest BCUT2D eigenvalue weighted by Crippen LogP contribution is 2.28. The minimum atomic E-state index is -3.45. The Bertz CT molecular complexity index is 1200. The molecular formula is C17H17ClFN7O4S. The lowest BCUT2D eigenvalue weighted by molar-refractivity contribution is 0.119. The lowest BCUT2D eigenvalue weighted by Gasteiger charge is -2.16. The van der Waals surface area contributed by atoms with E-state index >= 15 is 0 Å². The summed E-state index contributed by atoms with van der Waals surface area (Å²) >= 11 is 5.90. The van der Waals surface area contributed by atoms with Crippen molar-refractivity contribution >= 4 is 39.2 Å². The molecule has 0 saturated carbocycles. The Morgan fingerprint density at radius 3 is 2.65 bits per heavy atom. The fourth-order valence-electron chi connectivity index (χ4n) is 2.61. The van der Waals surface area contributed by atoms with E-state index in [1.807, 2.05) is 0 Å². The molecule has 3 rings (SSSR count). The second kappa shape index (κ2) is 8.81. The highest BCUT2D eigenvalue weighted by Gasteiger charge is 2.22. The van der Waals surface area contributed by atoms with Crippen LogP contribution in [0.15, 0.2) is 30.6 Å². The van der Waals surface area contributed by atoms with E-state index in [1.54, 1.807) is 0 Å². The monoisotopic (exact) mass is 469 g/mol. The topological polar surface area (TPSA) is 141 Å².